The predicted molar refractivity (Wildman–Crippen MR) is 57.7 cm³/mol. The van der Waals surface area contributed by atoms with E-state index in [1.165, 1.54) is 12.8 Å². The van der Waals surface area contributed by atoms with Crippen LogP contribution in [-0.2, 0) is 0 Å². The zero-order valence-electron chi connectivity index (χ0n) is 9.51. The van der Waals surface area contributed by atoms with Crippen LogP contribution in [0.15, 0.2) is 0 Å². The Kier molecular flexibility index (Phi) is 3.36. The molecule has 1 aliphatic carbocycles. The van der Waals surface area contributed by atoms with Crippen LogP contribution >= 0.6 is 0 Å². The van der Waals surface area contributed by atoms with Gasteiger partial charge in [-0.15, -0.1) is 0 Å². The summed E-state index contributed by atoms with van der Waals surface area (Å²) in [4.78, 5) is 2.36. The van der Waals surface area contributed by atoms with Crippen molar-refractivity contribution in [2.75, 3.05) is 20.1 Å². The van der Waals surface area contributed by atoms with E-state index >= 15 is 0 Å². The van der Waals surface area contributed by atoms with Crippen molar-refractivity contribution in [1.82, 2.24) is 4.90 Å². The summed E-state index contributed by atoms with van der Waals surface area (Å²) in [5, 5.41) is 0. The van der Waals surface area contributed by atoms with Crippen LogP contribution in [0, 0.1) is 11.8 Å². The minimum Gasteiger partial charge on any atom is -0.324 e. The monoisotopic (exact) mass is 184 g/mol. The van der Waals surface area contributed by atoms with E-state index < -0.39 is 0 Å². The van der Waals surface area contributed by atoms with Gasteiger partial charge in [0.15, 0.2) is 0 Å². The van der Waals surface area contributed by atoms with Gasteiger partial charge in [0.1, 0.15) is 0 Å². The molecular formula is C11H24N2. The maximum absolute atomic E-state index is 6.26. The number of nitrogens with zero attached hydrogens (tertiary/aromatic N) is 1. The minimum atomic E-state index is 0.0453. The third-order valence-electron chi connectivity index (χ3n) is 2.80. The third kappa shape index (κ3) is 3.65. The molecule has 1 unspecified atom stereocenters. The van der Waals surface area contributed by atoms with Gasteiger partial charge >= 0.3 is 0 Å². The molecule has 2 N–H and O–H groups in total. The van der Waals surface area contributed by atoms with Crippen molar-refractivity contribution >= 4 is 0 Å². The summed E-state index contributed by atoms with van der Waals surface area (Å²) < 4.78 is 0. The zero-order valence-corrected chi connectivity index (χ0v) is 9.51. The van der Waals surface area contributed by atoms with Gasteiger partial charge in [0.25, 0.3) is 0 Å². The summed E-state index contributed by atoms with van der Waals surface area (Å²) in [6.45, 7) is 8.89. The second-order valence-corrected chi connectivity index (χ2v) is 5.37. The van der Waals surface area contributed by atoms with Gasteiger partial charge in [-0.25, -0.2) is 0 Å². The number of hydrogen-bond acceptors (Lipinski definition) is 2. The second-order valence-electron chi connectivity index (χ2n) is 5.37. The molecule has 1 rings (SSSR count). The third-order valence-corrected chi connectivity index (χ3v) is 2.80. The maximum atomic E-state index is 6.26. The minimum absolute atomic E-state index is 0.0453. The molecule has 0 spiro atoms. The quantitative estimate of drug-likeness (QED) is 0.704. The van der Waals surface area contributed by atoms with Gasteiger partial charge in [-0.1, -0.05) is 13.8 Å². The van der Waals surface area contributed by atoms with Gasteiger partial charge in [-0.3, -0.25) is 0 Å². The lowest BCUT2D eigenvalue weighted by molar-refractivity contribution is 0.219. The smallest absolute Gasteiger partial charge is 0.0283 e. The molecule has 0 bridgehead atoms. The Bertz CT molecular complexity index is 159. The highest BCUT2D eigenvalue weighted by atomic mass is 15.1. The van der Waals surface area contributed by atoms with E-state index in [9.17, 15) is 0 Å². The van der Waals surface area contributed by atoms with Gasteiger partial charge in [0.05, 0.1) is 0 Å². The summed E-state index contributed by atoms with van der Waals surface area (Å²) in [5.41, 5.74) is 6.30. The molecule has 0 heterocycles. The van der Waals surface area contributed by atoms with Crippen LogP contribution in [0.25, 0.3) is 0 Å². The number of rotatable bonds is 5. The Hall–Kier alpha value is -0.0800. The van der Waals surface area contributed by atoms with Crippen LogP contribution in [0.3, 0.4) is 0 Å². The Morgan fingerprint density at radius 1 is 1.46 bits per heavy atom. The molecule has 78 valence electrons. The Morgan fingerprint density at radius 2 is 2.00 bits per heavy atom. The van der Waals surface area contributed by atoms with Crippen molar-refractivity contribution in [3.8, 4) is 0 Å². The van der Waals surface area contributed by atoms with Crippen molar-refractivity contribution in [3.63, 3.8) is 0 Å². The number of nitrogens with two attached hydrogens (primary N) is 1. The van der Waals surface area contributed by atoms with Crippen LogP contribution in [0.2, 0.25) is 0 Å². The van der Waals surface area contributed by atoms with E-state index in [0.29, 0.717) is 0 Å². The van der Waals surface area contributed by atoms with E-state index in [2.05, 4.69) is 32.7 Å². The van der Waals surface area contributed by atoms with Gasteiger partial charge in [-0.2, -0.15) is 0 Å². The van der Waals surface area contributed by atoms with Crippen molar-refractivity contribution in [2.24, 2.45) is 17.6 Å². The fraction of sp³-hybridized carbons (Fsp3) is 1.00. The first-order valence-corrected chi connectivity index (χ1v) is 5.39. The average molecular weight is 184 g/mol. The first kappa shape index (κ1) is 11.0. The topological polar surface area (TPSA) is 29.3 Å². The highest BCUT2D eigenvalue weighted by Gasteiger charge is 2.38. The molecule has 0 radical (unpaired) electrons. The molecule has 0 aliphatic heterocycles. The standard InChI is InChI=1S/C11H24N2/c1-9(2)7-13(4)8-11(3,12)10-5-6-10/h9-10H,5-8,12H2,1-4H3. The van der Waals surface area contributed by atoms with Gasteiger partial charge in [0.2, 0.25) is 0 Å². The van der Waals surface area contributed by atoms with E-state index in [1.54, 1.807) is 0 Å². The van der Waals surface area contributed by atoms with Gasteiger partial charge < -0.3 is 10.6 Å². The first-order valence-electron chi connectivity index (χ1n) is 5.39. The van der Waals surface area contributed by atoms with E-state index in [1.807, 2.05) is 0 Å². The van der Waals surface area contributed by atoms with Gasteiger partial charge in [0, 0.05) is 18.6 Å². The molecule has 2 nitrogen and oxygen atoms in total. The van der Waals surface area contributed by atoms with Crippen molar-refractivity contribution in [2.45, 2.75) is 39.2 Å². The van der Waals surface area contributed by atoms with Crippen LogP contribution in [-0.4, -0.2) is 30.6 Å². The lowest BCUT2D eigenvalue weighted by Crippen LogP contribution is -2.49. The fourth-order valence-corrected chi connectivity index (χ4v) is 2.14. The van der Waals surface area contributed by atoms with Crippen molar-refractivity contribution in [1.29, 1.82) is 0 Å². The molecule has 0 amide bonds. The van der Waals surface area contributed by atoms with Crippen LogP contribution in [0.4, 0.5) is 0 Å². The Labute approximate surface area is 82.5 Å². The molecule has 13 heavy (non-hydrogen) atoms. The fourth-order valence-electron chi connectivity index (χ4n) is 2.14. The molecular weight excluding hydrogens is 160 g/mol. The lowest BCUT2D eigenvalue weighted by atomic mass is 9.96. The maximum Gasteiger partial charge on any atom is 0.0283 e. The van der Waals surface area contributed by atoms with Crippen molar-refractivity contribution in [3.05, 3.63) is 0 Å². The number of likely N-dealkylation sites (N-methyl/N-ethyl adjacent to an activating group) is 1. The number of hydrogen-bond donors (Lipinski definition) is 1. The first-order chi connectivity index (χ1) is 5.92. The molecule has 1 atom stereocenters. The van der Waals surface area contributed by atoms with Crippen molar-refractivity contribution < 1.29 is 0 Å². The molecule has 0 saturated heterocycles. The average Bonchev–Trinajstić information content (AvgIpc) is 2.60. The molecule has 1 aliphatic rings. The Balaban J connectivity index is 2.29. The van der Waals surface area contributed by atoms with E-state index in [-0.39, 0.29) is 5.54 Å². The van der Waals surface area contributed by atoms with Gasteiger partial charge in [-0.05, 0) is 38.6 Å². The summed E-state index contributed by atoms with van der Waals surface area (Å²) >= 11 is 0. The zero-order chi connectivity index (χ0) is 10.1. The predicted octanol–water partition coefficient (Wildman–Crippen LogP) is 1.70. The summed E-state index contributed by atoms with van der Waals surface area (Å²) in [7, 11) is 2.17. The van der Waals surface area contributed by atoms with Crippen LogP contribution in [0.5, 0.6) is 0 Å². The second kappa shape index (κ2) is 3.97. The SMILES string of the molecule is CC(C)CN(C)CC(C)(N)C1CC1. The van der Waals surface area contributed by atoms with Crippen LogP contribution in [0.1, 0.15) is 33.6 Å². The molecule has 0 aromatic rings. The highest BCUT2D eigenvalue weighted by molar-refractivity contribution is 4.96. The van der Waals surface area contributed by atoms with E-state index in [4.69, 9.17) is 5.73 Å². The van der Waals surface area contributed by atoms with E-state index in [0.717, 1.165) is 24.9 Å². The summed E-state index contributed by atoms with van der Waals surface area (Å²) in [5.74, 6) is 1.52. The molecule has 0 aromatic heterocycles. The molecule has 1 saturated carbocycles. The largest absolute Gasteiger partial charge is 0.324 e. The summed E-state index contributed by atoms with van der Waals surface area (Å²) in [6, 6.07) is 0. The molecule has 0 aromatic carbocycles. The summed E-state index contributed by atoms with van der Waals surface area (Å²) in [6.07, 6.45) is 2.67. The van der Waals surface area contributed by atoms with Crippen LogP contribution < -0.4 is 5.73 Å². The molecule has 1 fully saturated rings. The lowest BCUT2D eigenvalue weighted by Gasteiger charge is -2.31. The Morgan fingerprint density at radius 3 is 2.38 bits per heavy atom. The normalized spacial score (nSPS) is 22.4. The molecule has 2 heteroatoms. The highest BCUT2D eigenvalue weighted by Crippen LogP contribution is 2.38.